The monoisotopic (exact) mass is 238 g/mol. The van der Waals surface area contributed by atoms with E-state index in [4.69, 9.17) is 21.9 Å². The molecule has 3 N–H and O–H groups in total. The molecule has 0 aliphatic rings. The molecule has 2 aromatic rings. The van der Waals surface area contributed by atoms with Crippen molar-refractivity contribution in [1.82, 2.24) is 5.16 Å². The zero-order valence-electron chi connectivity index (χ0n) is 8.91. The Balaban J connectivity index is 2.70. The second-order valence-corrected chi connectivity index (χ2v) is 4.05. The number of aromatic nitrogens is 1. The van der Waals surface area contributed by atoms with Gasteiger partial charge < -0.3 is 15.4 Å². The maximum absolute atomic E-state index is 9.83. The van der Waals surface area contributed by atoms with E-state index in [0.717, 1.165) is 5.56 Å². The Morgan fingerprint density at radius 1 is 1.38 bits per heavy atom. The Morgan fingerprint density at radius 2 is 2.06 bits per heavy atom. The first-order chi connectivity index (χ1) is 7.50. The third-order valence-electron chi connectivity index (χ3n) is 2.46. The Bertz CT molecular complexity index is 549. The molecule has 1 heterocycles. The molecule has 0 amide bonds. The molecule has 1 aromatic carbocycles. The predicted molar refractivity (Wildman–Crippen MR) is 62.5 cm³/mol. The van der Waals surface area contributed by atoms with E-state index in [1.807, 2.05) is 0 Å². The van der Waals surface area contributed by atoms with Gasteiger partial charge >= 0.3 is 0 Å². The van der Waals surface area contributed by atoms with Gasteiger partial charge in [0, 0.05) is 17.2 Å². The molecule has 0 spiro atoms. The number of nitrogens with two attached hydrogens (primary N) is 1. The highest BCUT2D eigenvalue weighted by molar-refractivity contribution is 6.33. The lowest BCUT2D eigenvalue weighted by molar-refractivity contribution is 0.434. The van der Waals surface area contributed by atoms with Crippen LogP contribution in [-0.2, 0) is 0 Å². The highest BCUT2D eigenvalue weighted by Gasteiger charge is 2.16. The topological polar surface area (TPSA) is 72.3 Å². The van der Waals surface area contributed by atoms with Crippen LogP contribution in [0.1, 0.15) is 11.1 Å². The fourth-order valence-corrected chi connectivity index (χ4v) is 2.03. The summed E-state index contributed by atoms with van der Waals surface area (Å²) in [4.78, 5) is 0. The highest BCUT2D eigenvalue weighted by atomic mass is 35.5. The number of hydrogen-bond donors (Lipinski definition) is 2. The summed E-state index contributed by atoms with van der Waals surface area (Å²) in [6.45, 7) is 3.55. The lowest BCUT2D eigenvalue weighted by atomic mass is 10.0. The molecule has 2 rings (SSSR count). The number of nitrogen functional groups attached to an aromatic ring is 1. The molecular formula is C11H11ClN2O2. The Labute approximate surface area is 97.6 Å². The van der Waals surface area contributed by atoms with Gasteiger partial charge in [0.15, 0.2) is 11.6 Å². The van der Waals surface area contributed by atoms with Crippen LogP contribution in [0.3, 0.4) is 0 Å². The maximum Gasteiger partial charge on any atom is 0.170 e. The van der Waals surface area contributed by atoms with Crippen LogP contribution in [0.5, 0.6) is 5.75 Å². The van der Waals surface area contributed by atoms with Crippen LogP contribution < -0.4 is 5.73 Å². The van der Waals surface area contributed by atoms with Gasteiger partial charge in [0.25, 0.3) is 0 Å². The number of phenolic OH excluding ortho intramolecular Hbond substituents is 1. The number of hydrogen-bond acceptors (Lipinski definition) is 4. The van der Waals surface area contributed by atoms with Crippen molar-refractivity contribution in [3.63, 3.8) is 0 Å². The van der Waals surface area contributed by atoms with Crippen LogP contribution in [0.25, 0.3) is 11.3 Å². The number of halogens is 1. The average molecular weight is 239 g/mol. The number of aromatic hydroxyl groups is 1. The Kier molecular flexibility index (Phi) is 2.52. The summed E-state index contributed by atoms with van der Waals surface area (Å²) in [5.41, 5.74) is 7.47. The fourth-order valence-electron chi connectivity index (χ4n) is 1.63. The Hall–Kier alpha value is -1.68. The zero-order chi connectivity index (χ0) is 11.9. The minimum Gasteiger partial charge on any atom is -0.507 e. The molecule has 1 aromatic heterocycles. The number of phenols is 1. The van der Waals surface area contributed by atoms with Crippen molar-refractivity contribution < 1.29 is 9.63 Å². The summed E-state index contributed by atoms with van der Waals surface area (Å²) in [7, 11) is 0. The third kappa shape index (κ3) is 1.61. The Morgan fingerprint density at radius 3 is 2.62 bits per heavy atom. The second kappa shape index (κ2) is 3.72. The third-order valence-corrected chi connectivity index (χ3v) is 2.76. The van der Waals surface area contributed by atoms with Crippen LogP contribution in [0.15, 0.2) is 16.7 Å². The number of aryl methyl sites for hydroxylation is 1. The van der Waals surface area contributed by atoms with Gasteiger partial charge in [-0.05, 0) is 25.5 Å². The van der Waals surface area contributed by atoms with E-state index in [2.05, 4.69) is 5.16 Å². The molecule has 0 radical (unpaired) electrons. The van der Waals surface area contributed by atoms with Crippen molar-refractivity contribution in [2.45, 2.75) is 13.8 Å². The smallest absolute Gasteiger partial charge is 0.170 e. The van der Waals surface area contributed by atoms with Crippen LogP contribution in [0, 0.1) is 13.8 Å². The molecule has 0 saturated heterocycles. The van der Waals surface area contributed by atoms with Crippen molar-refractivity contribution in [3.05, 3.63) is 28.3 Å². The molecular weight excluding hydrogens is 228 g/mol. The minimum atomic E-state index is 0.203. The lowest BCUT2D eigenvalue weighted by Gasteiger charge is -2.09. The molecule has 16 heavy (non-hydrogen) atoms. The molecule has 4 nitrogen and oxygen atoms in total. The van der Waals surface area contributed by atoms with Gasteiger partial charge in [-0.25, -0.2) is 0 Å². The van der Waals surface area contributed by atoms with Crippen molar-refractivity contribution in [2.24, 2.45) is 0 Å². The normalized spacial score (nSPS) is 10.7. The van der Waals surface area contributed by atoms with E-state index in [-0.39, 0.29) is 11.6 Å². The molecule has 5 heteroatoms. The number of rotatable bonds is 1. The summed E-state index contributed by atoms with van der Waals surface area (Å²) >= 11 is 6.11. The van der Waals surface area contributed by atoms with Gasteiger partial charge in [-0.15, -0.1) is 0 Å². The van der Waals surface area contributed by atoms with Gasteiger partial charge in [-0.2, -0.15) is 0 Å². The zero-order valence-corrected chi connectivity index (χ0v) is 9.67. The first kappa shape index (κ1) is 10.8. The largest absolute Gasteiger partial charge is 0.507 e. The number of nitrogens with zero attached hydrogens (tertiary/aromatic N) is 1. The van der Waals surface area contributed by atoms with E-state index in [9.17, 15) is 5.11 Å². The van der Waals surface area contributed by atoms with Crippen molar-refractivity contribution in [1.29, 1.82) is 0 Å². The second-order valence-electron chi connectivity index (χ2n) is 3.64. The average Bonchev–Trinajstić information content (AvgIpc) is 2.61. The molecule has 0 atom stereocenters. The first-order valence-corrected chi connectivity index (χ1v) is 5.09. The van der Waals surface area contributed by atoms with Crippen molar-refractivity contribution in [2.75, 3.05) is 5.73 Å². The summed E-state index contributed by atoms with van der Waals surface area (Å²) in [5, 5.41) is 13.9. The van der Waals surface area contributed by atoms with Crippen LogP contribution in [0.4, 0.5) is 5.82 Å². The number of benzene rings is 1. The molecule has 0 saturated carbocycles. The van der Waals surface area contributed by atoms with Crippen LogP contribution >= 0.6 is 11.6 Å². The van der Waals surface area contributed by atoms with E-state index in [0.29, 0.717) is 21.9 Å². The number of anilines is 1. The molecule has 0 aliphatic heterocycles. The molecule has 0 fully saturated rings. The highest BCUT2D eigenvalue weighted by Crippen LogP contribution is 2.38. The van der Waals surface area contributed by atoms with Gasteiger partial charge in [0.2, 0.25) is 0 Å². The SMILES string of the molecule is Cc1cc(Cl)c(-c2cc(N)no2)c(C)c1O. The standard InChI is InChI=1S/C11H11ClN2O2/c1-5-3-7(12)10(6(2)11(5)15)8-4-9(13)14-16-8/h3-4,15H,1-2H3,(H2,13,14). The van der Waals surface area contributed by atoms with Gasteiger partial charge in [0.05, 0.1) is 5.02 Å². The molecule has 0 bridgehead atoms. The molecule has 0 aliphatic carbocycles. The van der Waals surface area contributed by atoms with Crippen LogP contribution in [0.2, 0.25) is 5.02 Å². The first-order valence-electron chi connectivity index (χ1n) is 4.72. The van der Waals surface area contributed by atoms with Gasteiger partial charge in [0.1, 0.15) is 5.75 Å². The van der Waals surface area contributed by atoms with E-state index in [1.54, 1.807) is 26.0 Å². The summed E-state index contributed by atoms with van der Waals surface area (Å²) in [6.07, 6.45) is 0. The summed E-state index contributed by atoms with van der Waals surface area (Å²) in [5.74, 6) is 0.940. The predicted octanol–water partition coefficient (Wildman–Crippen LogP) is 2.90. The van der Waals surface area contributed by atoms with E-state index >= 15 is 0 Å². The molecule has 0 unspecified atom stereocenters. The fraction of sp³-hybridized carbons (Fsp3) is 0.182. The minimum absolute atomic E-state index is 0.203. The quantitative estimate of drug-likeness (QED) is 0.801. The molecule has 84 valence electrons. The van der Waals surface area contributed by atoms with E-state index in [1.165, 1.54) is 0 Å². The maximum atomic E-state index is 9.83. The summed E-state index contributed by atoms with van der Waals surface area (Å²) < 4.78 is 5.04. The van der Waals surface area contributed by atoms with Gasteiger partial charge in [-0.3, -0.25) is 0 Å². The van der Waals surface area contributed by atoms with Crippen molar-refractivity contribution >= 4 is 17.4 Å². The summed E-state index contributed by atoms with van der Waals surface area (Å²) in [6, 6.07) is 3.25. The van der Waals surface area contributed by atoms with E-state index < -0.39 is 0 Å². The lowest BCUT2D eigenvalue weighted by Crippen LogP contribution is -1.88. The van der Waals surface area contributed by atoms with Crippen molar-refractivity contribution in [3.8, 4) is 17.1 Å². The van der Waals surface area contributed by atoms with Gasteiger partial charge in [-0.1, -0.05) is 16.8 Å². The van der Waals surface area contributed by atoms with Crippen LogP contribution in [-0.4, -0.2) is 10.3 Å².